The third-order valence-corrected chi connectivity index (χ3v) is 2.72. The van der Waals surface area contributed by atoms with Crippen LogP contribution in [0.3, 0.4) is 0 Å². The van der Waals surface area contributed by atoms with Gasteiger partial charge in [0.25, 0.3) is 0 Å². The molecule has 1 aromatic carbocycles. The van der Waals surface area contributed by atoms with Crippen LogP contribution in [0, 0.1) is 0 Å². The van der Waals surface area contributed by atoms with Crippen LogP contribution in [0.1, 0.15) is 18.5 Å². The molecule has 0 heterocycles. The topological polar surface area (TPSA) is 41.5 Å². The zero-order valence-corrected chi connectivity index (χ0v) is 10.5. The van der Waals surface area contributed by atoms with Crippen molar-refractivity contribution in [3.8, 4) is 5.75 Å². The molecule has 2 N–H and O–H groups in total. The van der Waals surface area contributed by atoms with E-state index in [-0.39, 0.29) is 12.6 Å². The zero-order valence-electron chi connectivity index (χ0n) is 8.96. The lowest BCUT2D eigenvalue weighted by Gasteiger charge is -2.16. The van der Waals surface area contributed by atoms with Gasteiger partial charge < -0.3 is 15.2 Å². The number of hydrogen-bond acceptors (Lipinski definition) is 3. The fourth-order valence-corrected chi connectivity index (χ4v) is 1.64. The van der Waals surface area contributed by atoms with Crippen LogP contribution >= 0.6 is 15.9 Å². The van der Waals surface area contributed by atoms with Crippen LogP contribution in [-0.2, 0) is 0 Å². The van der Waals surface area contributed by atoms with Gasteiger partial charge >= 0.3 is 0 Å². The summed E-state index contributed by atoms with van der Waals surface area (Å²) in [7, 11) is 1.91. The van der Waals surface area contributed by atoms with Crippen molar-refractivity contribution in [2.75, 3.05) is 20.3 Å². The van der Waals surface area contributed by atoms with Crippen LogP contribution in [-0.4, -0.2) is 25.4 Å². The highest BCUT2D eigenvalue weighted by Gasteiger charge is 2.10. The van der Waals surface area contributed by atoms with Gasteiger partial charge in [0.05, 0.1) is 6.61 Å². The fraction of sp³-hybridized carbons (Fsp3) is 0.455. The average molecular weight is 274 g/mol. The first-order valence-corrected chi connectivity index (χ1v) is 5.68. The smallest absolute Gasteiger partial charge is 0.125 e. The van der Waals surface area contributed by atoms with Crippen molar-refractivity contribution in [3.05, 3.63) is 28.2 Å². The number of ether oxygens (including phenoxy) is 1. The first-order chi connectivity index (χ1) is 7.19. The lowest BCUT2D eigenvalue weighted by Crippen LogP contribution is -2.14. The molecule has 0 aromatic heterocycles. The standard InChI is InChI=1S/C11H16BrNO2/c1-8(13-2)10-4-3-9(12)7-11(10)15-6-5-14/h3-4,7-8,13-14H,5-6H2,1-2H3. The van der Waals surface area contributed by atoms with Crippen molar-refractivity contribution in [1.82, 2.24) is 5.32 Å². The molecule has 0 radical (unpaired) electrons. The molecule has 0 spiro atoms. The average Bonchev–Trinajstić information content (AvgIpc) is 2.25. The third-order valence-electron chi connectivity index (χ3n) is 2.22. The monoisotopic (exact) mass is 273 g/mol. The van der Waals surface area contributed by atoms with Crippen LogP contribution in [0.25, 0.3) is 0 Å². The van der Waals surface area contributed by atoms with E-state index in [1.165, 1.54) is 0 Å². The van der Waals surface area contributed by atoms with E-state index in [0.717, 1.165) is 15.8 Å². The molecule has 0 aliphatic rings. The SMILES string of the molecule is CNC(C)c1ccc(Br)cc1OCCO. The molecule has 0 aliphatic heterocycles. The fourth-order valence-electron chi connectivity index (χ4n) is 1.30. The van der Waals surface area contributed by atoms with Crippen LogP contribution < -0.4 is 10.1 Å². The molecule has 0 aliphatic carbocycles. The maximum Gasteiger partial charge on any atom is 0.125 e. The van der Waals surface area contributed by atoms with Gasteiger partial charge in [0.2, 0.25) is 0 Å². The second-order valence-corrected chi connectivity index (χ2v) is 4.18. The largest absolute Gasteiger partial charge is 0.491 e. The van der Waals surface area contributed by atoms with Gasteiger partial charge in [-0.1, -0.05) is 22.0 Å². The Morgan fingerprint density at radius 2 is 2.27 bits per heavy atom. The summed E-state index contributed by atoms with van der Waals surface area (Å²) in [4.78, 5) is 0. The quantitative estimate of drug-likeness (QED) is 0.864. The lowest BCUT2D eigenvalue weighted by atomic mass is 10.1. The van der Waals surface area contributed by atoms with Gasteiger partial charge in [0.1, 0.15) is 12.4 Å². The Balaban J connectivity index is 2.92. The summed E-state index contributed by atoms with van der Waals surface area (Å²) in [5.74, 6) is 0.806. The summed E-state index contributed by atoms with van der Waals surface area (Å²) >= 11 is 3.40. The van der Waals surface area contributed by atoms with E-state index in [1.807, 2.05) is 25.2 Å². The summed E-state index contributed by atoms with van der Waals surface area (Å²) < 4.78 is 6.44. The summed E-state index contributed by atoms with van der Waals surface area (Å²) in [5.41, 5.74) is 1.09. The van der Waals surface area contributed by atoms with Crippen LogP contribution in [0.5, 0.6) is 5.75 Å². The highest BCUT2D eigenvalue weighted by Crippen LogP contribution is 2.28. The second-order valence-electron chi connectivity index (χ2n) is 3.26. The molecule has 3 nitrogen and oxygen atoms in total. The Labute approximate surface area is 98.6 Å². The molecule has 1 rings (SSSR count). The lowest BCUT2D eigenvalue weighted by molar-refractivity contribution is 0.199. The molecule has 1 atom stereocenters. The summed E-state index contributed by atoms with van der Waals surface area (Å²) in [6.07, 6.45) is 0. The van der Waals surface area contributed by atoms with Crippen molar-refractivity contribution in [2.24, 2.45) is 0 Å². The van der Waals surface area contributed by atoms with E-state index in [0.29, 0.717) is 6.61 Å². The number of aliphatic hydroxyl groups is 1. The first kappa shape index (κ1) is 12.5. The molecule has 0 fully saturated rings. The van der Waals surface area contributed by atoms with E-state index in [4.69, 9.17) is 9.84 Å². The molecule has 4 heteroatoms. The minimum absolute atomic E-state index is 0.0277. The van der Waals surface area contributed by atoms with Crippen LogP contribution in [0.4, 0.5) is 0 Å². The molecular formula is C11H16BrNO2. The van der Waals surface area contributed by atoms with Gasteiger partial charge in [-0.2, -0.15) is 0 Å². The van der Waals surface area contributed by atoms with Crippen molar-refractivity contribution in [2.45, 2.75) is 13.0 Å². The Morgan fingerprint density at radius 3 is 2.87 bits per heavy atom. The highest BCUT2D eigenvalue weighted by atomic mass is 79.9. The van der Waals surface area contributed by atoms with Gasteiger partial charge in [-0.25, -0.2) is 0 Å². The van der Waals surface area contributed by atoms with Gasteiger partial charge in [-0.3, -0.25) is 0 Å². The van der Waals surface area contributed by atoms with E-state index >= 15 is 0 Å². The number of halogens is 1. The predicted octanol–water partition coefficient (Wildman–Crippen LogP) is 2.10. The molecule has 1 aromatic rings. The van der Waals surface area contributed by atoms with E-state index in [2.05, 4.69) is 28.2 Å². The maximum atomic E-state index is 8.73. The molecule has 84 valence electrons. The minimum Gasteiger partial charge on any atom is -0.491 e. The maximum absolute atomic E-state index is 8.73. The van der Waals surface area contributed by atoms with E-state index in [1.54, 1.807) is 0 Å². The summed E-state index contributed by atoms with van der Waals surface area (Å²) in [5, 5.41) is 11.9. The minimum atomic E-state index is 0.0277. The van der Waals surface area contributed by atoms with Crippen LogP contribution in [0.15, 0.2) is 22.7 Å². The number of nitrogens with one attached hydrogen (secondary N) is 1. The predicted molar refractivity (Wildman–Crippen MR) is 64.2 cm³/mol. The number of rotatable bonds is 5. The molecule has 0 amide bonds. The molecule has 0 bridgehead atoms. The van der Waals surface area contributed by atoms with Gasteiger partial charge in [-0.05, 0) is 26.1 Å². The van der Waals surface area contributed by atoms with Crippen molar-refractivity contribution >= 4 is 15.9 Å². The molecule has 0 saturated carbocycles. The number of benzene rings is 1. The summed E-state index contributed by atoms with van der Waals surface area (Å²) in [6, 6.07) is 6.14. The van der Waals surface area contributed by atoms with Gasteiger partial charge in [0, 0.05) is 16.1 Å². The number of hydrogen-bond donors (Lipinski definition) is 2. The second kappa shape index (κ2) is 6.10. The molecule has 15 heavy (non-hydrogen) atoms. The van der Waals surface area contributed by atoms with Crippen molar-refractivity contribution in [1.29, 1.82) is 0 Å². The van der Waals surface area contributed by atoms with Crippen molar-refractivity contribution < 1.29 is 9.84 Å². The summed E-state index contributed by atoms with van der Waals surface area (Å²) in [6.45, 7) is 2.41. The molecule has 0 saturated heterocycles. The normalized spacial score (nSPS) is 12.5. The molecule has 1 unspecified atom stereocenters. The first-order valence-electron chi connectivity index (χ1n) is 4.89. The Bertz CT molecular complexity index is 317. The third kappa shape index (κ3) is 3.48. The van der Waals surface area contributed by atoms with Gasteiger partial charge in [0.15, 0.2) is 0 Å². The Morgan fingerprint density at radius 1 is 1.53 bits per heavy atom. The van der Waals surface area contributed by atoms with Crippen molar-refractivity contribution in [3.63, 3.8) is 0 Å². The molecular weight excluding hydrogens is 258 g/mol. The zero-order chi connectivity index (χ0) is 11.3. The highest BCUT2D eigenvalue weighted by molar-refractivity contribution is 9.10. The number of aliphatic hydroxyl groups excluding tert-OH is 1. The Kier molecular flexibility index (Phi) is 5.08. The van der Waals surface area contributed by atoms with E-state index in [9.17, 15) is 0 Å². The Hall–Kier alpha value is -0.580. The van der Waals surface area contributed by atoms with E-state index < -0.39 is 0 Å². The van der Waals surface area contributed by atoms with Gasteiger partial charge in [-0.15, -0.1) is 0 Å². The van der Waals surface area contributed by atoms with Crippen LogP contribution in [0.2, 0.25) is 0 Å².